The number of benzene rings is 2. The van der Waals surface area contributed by atoms with Gasteiger partial charge in [0.1, 0.15) is 11.6 Å². The Balaban J connectivity index is 1.73. The second-order valence-corrected chi connectivity index (χ2v) is 4.90. The number of nitrogens with one attached hydrogen (secondary N) is 1. The first-order chi connectivity index (χ1) is 10.8. The van der Waals surface area contributed by atoms with Crippen molar-refractivity contribution in [2.24, 2.45) is 0 Å². The fraction of sp³-hybridized carbons (Fsp3) is 0.118. The van der Waals surface area contributed by atoms with Crippen molar-refractivity contribution in [3.63, 3.8) is 0 Å². The Labute approximate surface area is 127 Å². The largest absolute Gasteiger partial charge is 0.308 e. The lowest BCUT2D eigenvalue weighted by Gasteiger charge is -2.12. The summed E-state index contributed by atoms with van der Waals surface area (Å²) >= 11 is 0. The van der Waals surface area contributed by atoms with E-state index in [4.69, 9.17) is 0 Å². The first-order valence-electron chi connectivity index (χ1n) is 6.95. The van der Waals surface area contributed by atoms with Crippen molar-refractivity contribution in [2.75, 3.05) is 0 Å². The molecule has 1 N–H and O–H groups in total. The van der Waals surface area contributed by atoms with E-state index in [1.165, 1.54) is 18.2 Å². The first kappa shape index (κ1) is 14.4. The maximum absolute atomic E-state index is 13.6. The van der Waals surface area contributed by atoms with Gasteiger partial charge in [0.2, 0.25) is 0 Å². The Morgan fingerprint density at radius 1 is 0.955 bits per heavy atom. The summed E-state index contributed by atoms with van der Waals surface area (Å²) < 4.78 is 29.1. The molecule has 0 amide bonds. The van der Waals surface area contributed by atoms with Crippen LogP contribution < -0.4 is 5.32 Å². The molecule has 0 bridgehead atoms. The molecule has 1 aromatic heterocycles. The lowest BCUT2D eigenvalue weighted by atomic mass is 10.1. The molecule has 0 aliphatic heterocycles. The summed E-state index contributed by atoms with van der Waals surface area (Å²) in [5.41, 5.74) is 2.07. The number of para-hydroxylation sites is 1. The van der Waals surface area contributed by atoms with Crippen LogP contribution >= 0.6 is 0 Å². The fourth-order valence-corrected chi connectivity index (χ4v) is 2.34. The van der Waals surface area contributed by atoms with E-state index >= 15 is 0 Å². The number of aromatic nitrogens is 2. The van der Waals surface area contributed by atoms with Crippen molar-refractivity contribution in [2.45, 2.75) is 13.1 Å². The number of rotatable bonds is 5. The summed E-state index contributed by atoms with van der Waals surface area (Å²) in [4.78, 5) is 4.03. The van der Waals surface area contributed by atoms with E-state index in [2.05, 4.69) is 10.3 Å². The number of hydrogen-bond donors (Lipinski definition) is 1. The Morgan fingerprint density at radius 2 is 1.73 bits per heavy atom. The molecule has 0 aliphatic rings. The molecule has 0 unspecified atom stereocenters. The Bertz CT molecular complexity index is 734. The van der Waals surface area contributed by atoms with Gasteiger partial charge in [-0.3, -0.25) is 0 Å². The van der Waals surface area contributed by atoms with Crippen molar-refractivity contribution >= 4 is 0 Å². The third kappa shape index (κ3) is 3.04. The molecule has 22 heavy (non-hydrogen) atoms. The Kier molecular flexibility index (Phi) is 4.25. The monoisotopic (exact) mass is 299 g/mol. The van der Waals surface area contributed by atoms with Gasteiger partial charge in [-0.05, 0) is 23.8 Å². The second-order valence-electron chi connectivity index (χ2n) is 4.90. The van der Waals surface area contributed by atoms with Crippen molar-refractivity contribution in [3.05, 3.63) is 83.9 Å². The van der Waals surface area contributed by atoms with Crippen molar-refractivity contribution in [1.82, 2.24) is 14.9 Å². The van der Waals surface area contributed by atoms with Crippen LogP contribution in [-0.4, -0.2) is 9.55 Å². The van der Waals surface area contributed by atoms with Crippen LogP contribution in [0.4, 0.5) is 8.78 Å². The molecule has 0 fully saturated rings. The van der Waals surface area contributed by atoms with Crippen LogP contribution in [0, 0.1) is 11.6 Å². The molecule has 0 saturated heterocycles. The van der Waals surface area contributed by atoms with E-state index in [1.54, 1.807) is 12.5 Å². The first-order valence-corrected chi connectivity index (χ1v) is 6.95. The standard InChI is InChI=1S/C17H15F2N3/c18-15-5-3-6-16(19)14(15)11-21-10-13-4-1-2-7-17(13)22-9-8-20-12-22/h1-9,12,21H,10-11H2. The highest BCUT2D eigenvalue weighted by Gasteiger charge is 2.08. The minimum absolute atomic E-state index is 0.0580. The molecule has 0 spiro atoms. The number of nitrogens with zero attached hydrogens (tertiary/aromatic N) is 2. The Morgan fingerprint density at radius 3 is 2.45 bits per heavy atom. The van der Waals surface area contributed by atoms with Gasteiger partial charge in [-0.1, -0.05) is 24.3 Å². The van der Waals surface area contributed by atoms with Crippen molar-refractivity contribution in [3.8, 4) is 5.69 Å². The molecule has 3 nitrogen and oxygen atoms in total. The van der Waals surface area contributed by atoms with Crippen LogP contribution in [0.2, 0.25) is 0 Å². The van der Waals surface area contributed by atoms with Gasteiger partial charge in [0.25, 0.3) is 0 Å². The number of hydrogen-bond acceptors (Lipinski definition) is 2. The predicted octanol–water partition coefficient (Wildman–Crippen LogP) is 3.44. The zero-order valence-corrected chi connectivity index (χ0v) is 11.8. The van der Waals surface area contributed by atoms with E-state index in [-0.39, 0.29) is 12.1 Å². The Hall–Kier alpha value is -2.53. The molecule has 3 aromatic rings. The third-order valence-corrected chi connectivity index (χ3v) is 3.45. The fourth-order valence-electron chi connectivity index (χ4n) is 2.34. The molecular weight excluding hydrogens is 284 g/mol. The van der Waals surface area contributed by atoms with Gasteiger partial charge in [-0.2, -0.15) is 0 Å². The summed E-state index contributed by atoms with van der Waals surface area (Å²) in [6.45, 7) is 0.638. The maximum atomic E-state index is 13.6. The van der Waals surface area contributed by atoms with E-state index < -0.39 is 11.6 Å². The summed E-state index contributed by atoms with van der Waals surface area (Å²) in [6.07, 6.45) is 5.28. The van der Waals surface area contributed by atoms with Gasteiger partial charge in [-0.25, -0.2) is 13.8 Å². The normalized spacial score (nSPS) is 10.8. The van der Waals surface area contributed by atoms with Gasteiger partial charge in [0.05, 0.1) is 12.0 Å². The second kappa shape index (κ2) is 6.49. The van der Waals surface area contributed by atoms with Gasteiger partial charge in [0.15, 0.2) is 0 Å². The van der Waals surface area contributed by atoms with E-state index in [0.29, 0.717) is 6.54 Å². The molecule has 5 heteroatoms. The highest BCUT2D eigenvalue weighted by Crippen LogP contribution is 2.15. The minimum Gasteiger partial charge on any atom is -0.308 e. The average Bonchev–Trinajstić information content (AvgIpc) is 3.05. The molecule has 0 saturated carbocycles. The number of imidazole rings is 1. The molecule has 0 radical (unpaired) electrons. The molecule has 112 valence electrons. The molecule has 3 rings (SSSR count). The highest BCUT2D eigenvalue weighted by atomic mass is 19.1. The molecule has 2 aromatic carbocycles. The van der Waals surface area contributed by atoms with Crippen LogP contribution in [0.3, 0.4) is 0 Å². The van der Waals surface area contributed by atoms with Crippen LogP contribution in [-0.2, 0) is 13.1 Å². The van der Waals surface area contributed by atoms with E-state index in [1.807, 2.05) is 35.0 Å². The number of halogens is 2. The van der Waals surface area contributed by atoms with Gasteiger partial charge >= 0.3 is 0 Å². The van der Waals surface area contributed by atoms with Crippen molar-refractivity contribution in [1.29, 1.82) is 0 Å². The lowest BCUT2D eigenvalue weighted by molar-refractivity contribution is 0.535. The van der Waals surface area contributed by atoms with Crippen LogP contribution in [0.5, 0.6) is 0 Å². The van der Waals surface area contributed by atoms with Crippen LogP contribution in [0.25, 0.3) is 5.69 Å². The molecular formula is C17H15F2N3. The van der Waals surface area contributed by atoms with Crippen LogP contribution in [0.1, 0.15) is 11.1 Å². The summed E-state index contributed by atoms with van der Waals surface area (Å²) in [6, 6.07) is 11.7. The zero-order valence-electron chi connectivity index (χ0n) is 11.8. The zero-order chi connectivity index (χ0) is 15.4. The lowest BCUT2D eigenvalue weighted by Crippen LogP contribution is -2.16. The molecule has 0 atom stereocenters. The summed E-state index contributed by atoms with van der Waals surface area (Å²) in [7, 11) is 0. The average molecular weight is 299 g/mol. The smallest absolute Gasteiger partial charge is 0.130 e. The quantitative estimate of drug-likeness (QED) is 0.782. The predicted molar refractivity (Wildman–Crippen MR) is 80.5 cm³/mol. The van der Waals surface area contributed by atoms with Crippen molar-refractivity contribution < 1.29 is 8.78 Å². The SMILES string of the molecule is Fc1cccc(F)c1CNCc1ccccc1-n1ccnc1. The highest BCUT2D eigenvalue weighted by molar-refractivity contribution is 5.40. The minimum atomic E-state index is -0.532. The van der Waals surface area contributed by atoms with E-state index in [0.717, 1.165) is 11.3 Å². The van der Waals surface area contributed by atoms with Gasteiger partial charge < -0.3 is 9.88 Å². The van der Waals surface area contributed by atoms with Crippen LogP contribution in [0.15, 0.2) is 61.2 Å². The maximum Gasteiger partial charge on any atom is 0.130 e. The van der Waals surface area contributed by atoms with Gasteiger partial charge in [-0.15, -0.1) is 0 Å². The van der Waals surface area contributed by atoms with E-state index in [9.17, 15) is 8.78 Å². The van der Waals surface area contributed by atoms with Gasteiger partial charge in [0, 0.05) is 31.0 Å². The summed E-state index contributed by atoms with van der Waals surface area (Å²) in [5.74, 6) is -1.06. The molecule has 0 aliphatic carbocycles. The third-order valence-electron chi connectivity index (χ3n) is 3.45. The topological polar surface area (TPSA) is 29.9 Å². The molecule has 1 heterocycles. The summed E-state index contributed by atoms with van der Waals surface area (Å²) in [5, 5.41) is 3.09.